The van der Waals surface area contributed by atoms with Gasteiger partial charge in [-0.25, -0.2) is 9.59 Å². The lowest BCUT2D eigenvalue weighted by Gasteiger charge is -2.32. The van der Waals surface area contributed by atoms with Crippen molar-refractivity contribution in [3.8, 4) is 0 Å². The van der Waals surface area contributed by atoms with Gasteiger partial charge in [-0.2, -0.15) is 0 Å². The number of carboxylic acid groups (broad SMARTS) is 1. The SMILES string of the molecule is O=C(O)C1CCOC(=O)N1c1ccc(Cl)cc1. The van der Waals surface area contributed by atoms with E-state index in [-0.39, 0.29) is 13.0 Å². The van der Waals surface area contributed by atoms with Crippen LogP contribution in [0.3, 0.4) is 0 Å². The van der Waals surface area contributed by atoms with Crippen LogP contribution in [0.25, 0.3) is 0 Å². The number of nitrogens with zero attached hydrogens (tertiary/aromatic N) is 1. The van der Waals surface area contributed by atoms with Crippen LogP contribution in [0.4, 0.5) is 10.5 Å². The number of carboxylic acids is 1. The van der Waals surface area contributed by atoms with E-state index in [1.807, 2.05) is 0 Å². The lowest BCUT2D eigenvalue weighted by Crippen LogP contribution is -2.50. The van der Waals surface area contributed by atoms with Crippen molar-refractivity contribution < 1.29 is 19.4 Å². The van der Waals surface area contributed by atoms with E-state index in [4.69, 9.17) is 21.4 Å². The van der Waals surface area contributed by atoms with Gasteiger partial charge in [0, 0.05) is 17.1 Å². The summed E-state index contributed by atoms with van der Waals surface area (Å²) >= 11 is 5.73. The Bertz CT molecular complexity index is 445. The zero-order valence-corrected chi connectivity index (χ0v) is 9.55. The molecule has 0 spiro atoms. The van der Waals surface area contributed by atoms with Gasteiger partial charge in [0.25, 0.3) is 0 Å². The Morgan fingerprint density at radius 1 is 1.41 bits per heavy atom. The summed E-state index contributed by atoms with van der Waals surface area (Å²) in [5.41, 5.74) is 0.464. The van der Waals surface area contributed by atoms with E-state index in [0.717, 1.165) is 4.90 Å². The summed E-state index contributed by atoms with van der Waals surface area (Å²) in [6.45, 7) is 0.125. The van der Waals surface area contributed by atoms with Crippen LogP contribution in [0, 0.1) is 0 Å². The van der Waals surface area contributed by atoms with E-state index >= 15 is 0 Å². The number of anilines is 1. The quantitative estimate of drug-likeness (QED) is 0.879. The molecular weight excluding hydrogens is 246 g/mol. The number of carbonyl (C=O) groups excluding carboxylic acids is 1. The number of hydrogen-bond acceptors (Lipinski definition) is 3. The minimum atomic E-state index is -1.04. The number of cyclic esters (lactones) is 1. The standard InChI is InChI=1S/C11H10ClNO4/c12-7-1-3-8(4-2-7)13-9(10(14)15)5-6-17-11(13)16/h1-4,9H,5-6H2,(H,14,15). The van der Waals surface area contributed by atoms with Crippen molar-refractivity contribution in [1.29, 1.82) is 0 Å². The molecular formula is C11H10ClNO4. The zero-order valence-electron chi connectivity index (χ0n) is 8.80. The number of hydrogen-bond donors (Lipinski definition) is 1. The molecule has 5 nitrogen and oxygen atoms in total. The van der Waals surface area contributed by atoms with Crippen molar-refractivity contribution >= 4 is 29.4 Å². The Hall–Kier alpha value is -1.75. The zero-order chi connectivity index (χ0) is 12.4. The van der Waals surface area contributed by atoms with Crippen LogP contribution in [0.15, 0.2) is 24.3 Å². The second-order valence-electron chi connectivity index (χ2n) is 3.60. The van der Waals surface area contributed by atoms with Gasteiger partial charge in [-0.3, -0.25) is 4.90 Å². The predicted octanol–water partition coefficient (Wildman–Crippen LogP) is 2.14. The second-order valence-corrected chi connectivity index (χ2v) is 4.04. The molecule has 1 unspecified atom stereocenters. The Morgan fingerprint density at radius 2 is 2.06 bits per heavy atom. The van der Waals surface area contributed by atoms with Crippen LogP contribution in [0.1, 0.15) is 6.42 Å². The topological polar surface area (TPSA) is 66.8 Å². The fourth-order valence-electron chi connectivity index (χ4n) is 1.70. The molecule has 1 aromatic rings. The monoisotopic (exact) mass is 255 g/mol. The van der Waals surface area contributed by atoms with Gasteiger partial charge in [0.15, 0.2) is 0 Å². The summed E-state index contributed by atoms with van der Waals surface area (Å²) in [6, 6.07) is 5.47. The largest absolute Gasteiger partial charge is 0.480 e. The van der Waals surface area contributed by atoms with Gasteiger partial charge in [0.2, 0.25) is 0 Å². The average molecular weight is 256 g/mol. The normalized spacial score (nSPS) is 19.9. The second kappa shape index (κ2) is 4.63. The molecule has 1 amide bonds. The first-order valence-corrected chi connectivity index (χ1v) is 5.42. The summed E-state index contributed by atoms with van der Waals surface area (Å²) in [6.07, 6.45) is -0.380. The van der Waals surface area contributed by atoms with Gasteiger partial charge < -0.3 is 9.84 Å². The minimum absolute atomic E-state index is 0.125. The molecule has 6 heteroatoms. The third-order valence-corrected chi connectivity index (χ3v) is 2.77. The highest BCUT2D eigenvalue weighted by Gasteiger charge is 2.35. The van der Waals surface area contributed by atoms with Crippen LogP contribution in [0.5, 0.6) is 0 Å². The first-order valence-electron chi connectivity index (χ1n) is 5.04. The van der Waals surface area contributed by atoms with Gasteiger partial charge in [0.05, 0.1) is 6.61 Å². The molecule has 1 aliphatic rings. The van der Waals surface area contributed by atoms with Crippen molar-refractivity contribution in [3.05, 3.63) is 29.3 Å². The predicted molar refractivity (Wildman–Crippen MR) is 61.3 cm³/mol. The molecule has 1 fully saturated rings. The van der Waals surface area contributed by atoms with E-state index in [1.54, 1.807) is 24.3 Å². The Kier molecular flexibility index (Phi) is 3.19. The maximum atomic E-state index is 11.6. The molecule has 0 bridgehead atoms. The molecule has 0 saturated carbocycles. The molecule has 1 heterocycles. The van der Waals surface area contributed by atoms with Gasteiger partial charge >= 0.3 is 12.1 Å². The smallest absolute Gasteiger partial charge is 0.415 e. The van der Waals surface area contributed by atoms with Crippen LogP contribution in [0.2, 0.25) is 5.02 Å². The van der Waals surface area contributed by atoms with E-state index in [1.165, 1.54) is 0 Å². The molecule has 1 saturated heterocycles. The first-order chi connectivity index (χ1) is 8.09. The molecule has 2 rings (SSSR count). The molecule has 1 N–H and O–H groups in total. The number of halogens is 1. The lowest BCUT2D eigenvalue weighted by molar-refractivity contribution is -0.139. The maximum Gasteiger partial charge on any atom is 0.415 e. The van der Waals surface area contributed by atoms with Crippen LogP contribution in [-0.2, 0) is 9.53 Å². The summed E-state index contributed by atoms with van der Waals surface area (Å²) in [7, 11) is 0. The summed E-state index contributed by atoms with van der Waals surface area (Å²) in [5, 5.41) is 9.59. The third kappa shape index (κ3) is 2.34. The number of carbonyl (C=O) groups is 2. The number of amides is 1. The van der Waals surface area contributed by atoms with Crippen molar-refractivity contribution in [2.75, 3.05) is 11.5 Å². The van der Waals surface area contributed by atoms with Crippen molar-refractivity contribution in [3.63, 3.8) is 0 Å². The Morgan fingerprint density at radius 3 is 2.65 bits per heavy atom. The molecule has 0 aromatic heterocycles. The number of benzene rings is 1. The fourth-order valence-corrected chi connectivity index (χ4v) is 1.83. The van der Waals surface area contributed by atoms with Crippen molar-refractivity contribution in [1.82, 2.24) is 0 Å². The molecule has 90 valence electrons. The van der Waals surface area contributed by atoms with Crippen LogP contribution in [-0.4, -0.2) is 29.8 Å². The molecule has 1 aromatic carbocycles. The van der Waals surface area contributed by atoms with Gasteiger partial charge in [0.1, 0.15) is 6.04 Å². The molecule has 0 radical (unpaired) electrons. The lowest BCUT2D eigenvalue weighted by atomic mass is 10.1. The van der Waals surface area contributed by atoms with Crippen molar-refractivity contribution in [2.24, 2.45) is 0 Å². The summed E-state index contributed by atoms with van der Waals surface area (Å²) < 4.78 is 4.85. The average Bonchev–Trinajstić information content (AvgIpc) is 2.30. The van der Waals surface area contributed by atoms with Crippen LogP contribution < -0.4 is 4.90 Å². The number of ether oxygens (including phenoxy) is 1. The fraction of sp³-hybridized carbons (Fsp3) is 0.273. The first kappa shape index (κ1) is 11.7. The van der Waals surface area contributed by atoms with E-state index < -0.39 is 18.1 Å². The number of aliphatic carboxylic acids is 1. The van der Waals surface area contributed by atoms with E-state index in [2.05, 4.69) is 0 Å². The van der Waals surface area contributed by atoms with Gasteiger partial charge in [-0.15, -0.1) is 0 Å². The molecule has 0 aliphatic carbocycles. The minimum Gasteiger partial charge on any atom is -0.480 e. The van der Waals surface area contributed by atoms with E-state index in [0.29, 0.717) is 10.7 Å². The van der Waals surface area contributed by atoms with Gasteiger partial charge in [-0.05, 0) is 24.3 Å². The van der Waals surface area contributed by atoms with Crippen LogP contribution >= 0.6 is 11.6 Å². The van der Waals surface area contributed by atoms with Crippen molar-refractivity contribution in [2.45, 2.75) is 12.5 Å². The van der Waals surface area contributed by atoms with Gasteiger partial charge in [-0.1, -0.05) is 11.6 Å². The van der Waals surface area contributed by atoms with E-state index in [9.17, 15) is 9.59 Å². The Balaban J connectivity index is 2.34. The maximum absolute atomic E-state index is 11.6. The highest BCUT2D eigenvalue weighted by atomic mass is 35.5. The third-order valence-electron chi connectivity index (χ3n) is 2.52. The molecule has 1 aliphatic heterocycles. The number of rotatable bonds is 2. The Labute approximate surface area is 103 Å². The molecule has 1 atom stereocenters. The summed E-state index contributed by atoms with van der Waals surface area (Å²) in [5.74, 6) is -1.04. The highest BCUT2D eigenvalue weighted by molar-refractivity contribution is 6.30. The summed E-state index contributed by atoms with van der Waals surface area (Å²) in [4.78, 5) is 23.8. The molecule has 17 heavy (non-hydrogen) atoms. The highest BCUT2D eigenvalue weighted by Crippen LogP contribution is 2.24.